The van der Waals surface area contributed by atoms with Gasteiger partial charge >= 0.3 is 17.9 Å². The Morgan fingerprint density at radius 1 is 0.309 bits per heavy atom. The Morgan fingerprint density at radius 3 is 0.956 bits per heavy atom. The molecule has 0 fully saturated rings. The number of carbonyl (C=O) groups excluding carboxylic acids is 3. The Labute approximate surface area is 419 Å². The molecule has 0 aliphatic heterocycles. The largest absolute Gasteiger partial charge is 0.462 e. The summed E-state index contributed by atoms with van der Waals surface area (Å²) < 4.78 is 16.7. The van der Waals surface area contributed by atoms with Gasteiger partial charge in [0.2, 0.25) is 0 Å². The summed E-state index contributed by atoms with van der Waals surface area (Å²) in [5.74, 6) is -0.978. The van der Waals surface area contributed by atoms with Gasteiger partial charge in [0.25, 0.3) is 0 Å². The Morgan fingerprint density at radius 2 is 0.588 bits per heavy atom. The van der Waals surface area contributed by atoms with E-state index in [2.05, 4.69) is 130 Å². The summed E-state index contributed by atoms with van der Waals surface area (Å²) in [7, 11) is 0. The number of carbonyl (C=O) groups is 3. The maximum Gasteiger partial charge on any atom is 0.306 e. The summed E-state index contributed by atoms with van der Waals surface area (Å²) in [6.45, 7) is 6.40. The molecule has 0 aromatic carbocycles. The van der Waals surface area contributed by atoms with Crippen LogP contribution in [0.15, 0.2) is 109 Å². The molecule has 1 atom stereocenters. The van der Waals surface area contributed by atoms with Gasteiger partial charge in [-0.15, -0.1) is 0 Å². The Balaban J connectivity index is 4.30. The zero-order valence-electron chi connectivity index (χ0n) is 44.1. The van der Waals surface area contributed by atoms with Crippen LogP contribution >= 0.6 is 0 Å². The number of hydrogen-bond acceptors (Lipinski definition) is 6. The van der Waals surface area contributed by atoms with Crippen LogP contribution in [-0.2, 0) is 28.6 Å². The summed E-state index contributed by atoms with van der Waals surface area (Å²) in [6.07, 6.45) is 75.4. The highest BCUT2D eigenvalue weighted by Crippen LogP contribution is 2.14. The number of rotatable bonds is 49. The molecule has 386 valence electrons. The molecule has 0 spiro atoms. The molecule has 0 saturated heterocycles. The number of allylic oxidation sites excluding steroid dienone is 18. The minimum Gasteiger partial charge on any atom is -0.462 e. The third-order valence-corrected chi connectivity index (χ3v) is 11.5. The van der Waals surface area contributed by atoms with Gasteiger partial charge < -0.3 is 14.2 Å². The Kier molecular flexibility index (Phi) is 52.4. The summed E-state index contributed by atoms with van der Waals surface area (Å²) in [5.41, 5.74) is 0. The molecule has 0 radical (unpaired) electrons. The van der Waals surface area contributed by atoms with Gasteiger partial charge in [0, 0.05) is 19.3 Å². The maximum atomic E-state index is 12.8. The first kappa shape index (κ1) is 64.1. The minimum absolute atomic E-state index is 0.0992. The topological polar surface area (TPSA) is 78.9 Å². The minimum atomic E-state index is -0.802. The first-order chi connectivity index (χ1) is 33.5. The zero-order valence-corrected chi connectivity index (χ0v) is 44.1. The predicted octanol–water partition coefficient (Wildman–Crippen LogP) is 18.7. The molecule has 0 aromatic rings. The standard InChI is InChI=1S/C62H102O6/c1-4-7-10-13-16-18-20-22-24-26-28-30-31-33-34-36-38-40-42-44-46-49-52-55-61(64)67-58-59(57-66-60(63)54-51-48-15-12-9-6-3)68-62(65)56-53-50-47-45-43-41-39-37-35-32-29-27-25-23-21-19-17-14-11-8-5-2/h7,10,16,18,21-24,27-30,33-34,38,40,44,46,59H,4-6,8-9,11-15,17,19-20,25-26,31-32,35-37,39,41-43,45,47-58H2,1-3H3/b10-7-,18-16-,23-21-,24-22-,29-27-,30-28-,34-33-,40-38-,46-44-. The van der Waals surface area contributed by atoms with Crippen molar-refractivity contribution in [2.45, 2.75) is 252 Å². The van der Waals surface area contributed by atoms with Crippen molar-refractivity contribution < 1.29 is 28.6 Å². The number of esters is 3. The molecule has 68 heavy (non-hydrogen) atoms. The quantitative estimate of drug-likeness (QED) is 0.0262. The molecule has 6 heteroatoms. The lowest BCUT2D eigenvalue weighted by Gasteiger charge is -2.18. The van der Waals surface area contributed by atoms with Crippen LogP contribution in [0.2, 0.25) is 0 Å². The number of ether oxygens (including phenoxy) is 3. The molecule has 0 aliphatic carbocycles. The predicted molar refractivity (Wildman–Crippen MR) is 293 cm³/mol. The van der Waals surface area contributed by atoms with Crippen LogP contribution in [0, 0.1) is 0 Å². The van der Waals surface area contributed by atoms with Gasteiger partial charge in [-0.05, 0) is 103 Å². The first-order valence-corrected chi connectivity index (χ1v) is 27.9. The lowest BCUT2D eigenvalue weighted by Crippen LogP contribution is -2.30. The van der Waals surface area contributed by atoms with Crippen LogP contribution in [0.1, 0.15) is 245 Å². The molecule has 6 nitrogen and oxygen atoms in total. The second-order valence-corrected chi connectivity index (χ2v) is 18.1. The van der Waals surface area contributed by atoms with Crippen molar-refractivity contribution in [1.82, 2.24) is 0 Å². The highest BCUT2D eigenvalue weighted by Gasteiger charge is 2.19. The summed E-state index contributed by atoms with van der Waals surface area (Å²) in [5, 5.41) is 0. The van der Waals surface area contributed by atoms with Crippen LogP contribution in [-0.4, -0.2) is 37.2 Å². The van der Waals surface area contributed by atoms with Crippen molar-refractivity contribution in [1.29, 1.82) is 0 Å². The highest BCUT2D eigenvalue weighted by atomic mass is 16.6. The normalized spacial score (nSPS) is 12.9. The summed E-state index contributed by atoms with van der Waals surface area (Å²) in [4.78, 5) is 37.8. The number of unbranched alkanes of at least 4 members (excludes halogenated alkanes) is 20. The van der Waals surface area contributed by atoms with Gasteiger partial charge in [0.15, 0.2) is 6.10 Å². The Hall–Kier alpha value is -3.93. The van der Waals surface area contributed by atoms with E-state index in [4.69, 9.17) is 14.2 Å². The van der Waals surface area contributed by atoms with Gasteiger partial charge in [-0.2, -0.15) is 0 Å². The molecule has 0 aliphatic rings. The van der Waals surface area contributed by atoms with Gasteiger partial charge in [0.1, 0.15) is 13.2 Å². The van der Waals surface area contributed by atoms with E-state index in [1.54, 1.807) is 0 Å². The molecule has 0 rings (SSSR count). The SMILES string of the molecule is CC/C=C\C/C=C\C/C=C\C/C=C\C/C=C\C/C=C\C/C=C\CCCC(=O)OCC(COC(=O)CCCCCCCC)OC(=O)CCCCCCCCCCC/C=C\C/C=C\CCCCCCC. The fourth-order valence-corrected chi connectivity index (χ4v) is 7.34. The molecule has 1 unspecified atom stereocenters. The Bertz CT molecular complexity index is 1410. The molecule has 0 heterocycles. The van der Waals surface area contributed by atoms with E-state index in [1.165, 1.54) is 103 Å². The second-order valence-electron chi connectivity index (χ2n) is 18.1. The smallest absolute Gasteiger partial charge is 0.306 e. The number of hydrogen-bond donors (Lipinski definition) is 0. The lowest BCUT2D eigenvalue weighted by atomic mass is 10.1. The summed E-state index contributed by atoms with van der Waals surface area (Å²) >= 11 is 0. The first-order valence-electron chi connectivity index (χ1n) is 27.9. The second kappa shape index (κ2) is 55.7. The van der Waals surface area contributed by atoms with E-state index >= 15 is 0 Å². The molecule has 0 bridgehead atoms. The van der Waals surface area contributed by atoms with Crippen molar-refractivity contribution >= 4 is 17.9 Å². The molecular weight excluding hydrogens is 841 g/mol. The van der Waals surface area contributed by atoms with Crippen LogP contribution < -0.4 is 0 Å². The third-order valence-electron chi connectivity index (χ3n) is 11.5. The monoisotopic (exact) mass is 943 g/mol. The zero-order chi connectivity index (χ0) is 49.3. The molecule has 0 N–H and O–H groups in total. The van der Waals surface area contributed by atoms with Gasteiger partial charge in [0.05, 0.1) is 0 Å². The van der Waals surface area contributed by atoms with Crippen molar-refractivity contribution in [3.63, 3.8) is 0 Å². The van der Waals surface area contributed by atoms with Crippen molar-refractivity contribution in [3.8, 4) is 0 Å². The van der Waals surface area contributed by atoms with Gasteiger partial charge in [-0.25, -0.2) is 0 Å². The maximum absolute atomic E-state index is 12.8. The highest BCUT2D eigenvalue weighted by molar-refractivity contribution is 5.71. The van der Waals surface area contributed by atoms with Crippen molar-refractivity contribution in [2.24, 2.45) is 0 Å². The van der Waals surface area contributed by atoms with Gasteiger partial charge in [-0.3, -0.25) is 14.4 Å². The van der Waals surface area contributed by atoms with Gasteiger partial charge in [-0.1, -0.05) is 233 Å². The molecule has 0 amide bonds. The molecule has 0 saturated carbocycles. The van der Waals surface area contributed by atoms with Crippen LogP contribution in [0.5, 0.6) is 0 Å². The van der Waals surface area contributed by atoms with E-state index in [0.717, 1.165) is 96.3 Å². The van der Waals surface area contributed by atoms with E-state index in [9.17, 15) is 14.4 Å². The van der Waals surface area contributed by atoms with E-state index in [1.807, 2.05) is 0 Å². The average molecular weight is 943 g/mol. The van der Waals surface area contributed by atoms with Crippen LogP contribution in [0.25, 0.3) is 0 Å². The average Bonchev–Trinajstić information content (AvgIpc) is 3.34. The van der Waals surface area contributed by atoms with E-state index in [-0.39, 0.29) is 37.5 Å². The third kappa shape index (κ3) is 53.0. The fraction of sp³-hybridized carbons (Fsp3) is 0.661. The van der Waals surface area contributed by atoms with E-state index < -0.39 is 6.10 Å². The lowest BCUT2D eigenvalue weighted by molar-refractivity contribution is -0.167. The summed E-state index contributed by atoms with van der Waals surface area (Å²) in [6, 6.07) is 0. The van der Waals surface area contributed by atoms with E-state index in [0.29, 0.717) is 19.3 Å². The fourth-order valence-electron chi connectivity index (χ4n) is 7.34. The van der Waals surface area contributed by atoms with Crippen molar-refractivity contribution in [2.75, 3.05) is 13.2 Å². The molecular formula is C62H102O6. The van der Waals surface area contributed by atoms with Crippen LogP contribution in [0.4, 0.5) is 0 Å². The van der Waals surface area contributed by atoms with Crippen LogP contribution in [0.3, 0.4) is 0 Å². The molecule has 0 aromatic heterocycles. The van der Waals surface area contributed by atoms with Crippen molar-refractivity contribution in [3.05, 3.63) is 109 Å².